The minimum atomic E-state index is -0.416. The predicted molar refractivity (Wildman–Crippen MR) is 82.3 cm³/mol. The van der Waals surface area contributed by atoms with Crippen LogP contribution in [-0.4, -0.2) is 19.7 Å². The Balaban J connectivity index is 1.92. The van der Waals surface area contributed by atoms with E-state index in [-0.39, 0.29) is 5.69 Å². The second-order valence-electron chi connectivity index (χ2n) is 5.42. The molecule has 7 nitrogen and oxygen atoms in total. The normalized spacial score (nSPS) is 14.4. The molecule has 0 bridgehead atoms. The van der Waals surface area contributed by atoms with Gasteiger partial charge in [0.05, 0.1) is 21.9 Å². The summed E-state index contributed by atoms with van der Waals surface area (Å²) in [6, 6.07) is 8.67. The van der Waals surface area contributed by atoms with E-state index in [4.69, 9.17) is 5.73 Å². The van der Waals surface area contributed by atoms with Gasteiger partial charge in [-0.2, -0.15) is 5.10 Å². The van der Waals surface area contributed by atoms with E-state index in [0.29, 0.717) is 11.9 Å². The molecule has 0 atom stereocenters. The molecule has 4 rings (SSSR count). The van der Waals surface area contributed by atoms with E-state index in [2.05, 4.69) is 10.1 Å². The molecule has 0 spiro atoms. The molecule has 2 heterocycles. The number of nitro benzene ring substituents is 1. The van der Waals surface area contributed by atoms with Gasteiger partial charge in [-0.25, -0.2) is 4.98 Å². The van der Waals surface area contributed by atoms with E-state index in [1.165, 1.54) is 12.1 Å². The molecule has 0 aliphatic heterocycles. The van der Waals surface area contributed by atoms with Crippen LogP contribution in [0.2, 0.25) is 0 Å². The minimum absolute atomic E-state index is 0.0563. The SMILES string of the molecule is Nc1nccc2c1c(-c1ccc([N+](=O)[O-])cc1)nn2C1CC1. The Morgan fingerprint density at radius 3 is 2.59 bits per heavy atom. The van der Waals surface area contributed by atoms with Crippen molar-refractivity contribution in [1.29, 1.82) is 0 Å². The van der Waals surface area contributed by atoms with Gasteiger partial charge in [-0.3, -0.25) is 14.8 Å². The molecule has 110 valence electrons. The third kappa shape index (κ3) is 1.90. The summed E-state index contributed by atoms with van der Waals surface area (Å²) in [5.41, 5.74) is 8.58. The summed E-state index contributed by atoms with van der Waals surface area (Å²) >= 11 is 0. The fourth-order valence-corrected chi connectivity index (χ4v) is 2.65. The van der Waals surface area contributed by atoms with Crippen LogP contribution >= 0.6 is 0 Å². The van der Waals surface area contributed by atoms with Crippen LogP contribution < -0.4 is 5.73 Å². The Morgan fingerprint density at radius 1 is 1.23 bits per heavy atom. The standard InChI is InChI=1S/C15H13N5O2/c16-15-13-12(7-8-17-15)19(10-5-6-10)18-14(13)9-1-3-11(4-2-9)20(21)22/h1-4,7-8,10H,5-6H2,(H2,16,17). The summed E-state index contributed by atoms with van der Waals surface area (Å²) in [4.78, 5) is 14.5. The quantitative estimate of drug-likeness (QED) is 0.591. The lowest BCUT2D eigenvalue weighted by molar-refractivity contribution is -0.384. The maximum absolute atomic E-state index is 10.8. The van der Waals surface area contributed by atoms with Crippen LogP contribution in [0.5, 0.6) is 0 Å². The molecule has 7 heteroatoms. The Bertz CT molecular complexity index is 881. The van der Waals surface area contributed by atoms with Gasteiger partial charge in [-0.15, -0.1) is 0 Å². The zero-order chi connectivity index (χ0) is 15.3. The number of nitrogens with zero attached hydrogens (tertiary/aromatic N) is 4. The number of nitro groups is 1. The average molecular weight is 295 g/mol. The molecular formula is C15H13N5O2. The first-order valence-corrected chi connectivity index (χ1v) is 7.02. The number of hydrogen-bond acceptors (Lipinski definition) is 5. The van der Waals surface area contributed by atoms with Crippen molar-refractivity contribution in [3.05, 3.63) is 46.6 Å². The lowest BCUT2D eigenvalue weighted by Gasteiger charge is -2.00. The number of pyridine rings is 1. The van der Waals surface area contributed by atoms with Gasteiger partial charge in [-0.1, -0.05) is 0 Å². The van der Waals surface area contributed by atoms with Crippen molar-refractivity contribution in [3.63, 3.8) is 0 Å². The third-order valence-corrected chi connectivity index (χ3v) is 3.89. The van der Waals surface area contributed by atoms with E-state index < -0.39 is 4.92 Å². The Morgan fingerprint density at radius 2 is 1.95 bits per heavy atom. The van der Waals surface area contributed by atoms with Crippen LogP contribution in [0.1, 0.15) is 18.9 Å². The van der Waals surface area contributed by atoms with Crippen LogP contribution in [0.3, 0.4) is 0 Å². The van der Waals surface area contributed by atoms with Gasteiger partial charge in [0.1, 0.15) is 11.5 Å². The largest absolute Gasteiger partial charge is 0.383 e. The van der Waals surface area contributed by atoms with Crippen molar-refractivity contribution in [1.82, 2.24) is 14.8 Å². The summed E-state index contributed by atoms with van der Waals surface area (Å²) in [7, 11) is 0. The number of aromatic nitrogens is 3. The maximum atomic E-state index is 10.8. The first kappa shape index (κ1) is 12.8. The molecule has 1 aliphatic rings. The van der Waals surface area contributed by atoms with Crippen molar-refractivity contribution < 1.29 is 4.92 Å². The lowest BCUT2D eigenvalue weighted by Crippen LogP contribution is -1.96. The highest BCUT2D eigenvalue weighted by Crippen LogP contribution is 2.40. The number of rotatable bonds is 3. The summed E-state index contributed by atoms with van der Waals surface area (Å²) in [6.45, 7) is 0. The van der Waals surface area contributed by atoms with Crippen molar-refractivity contribution >= 4 is 22.4 Å². The van der Waals surface area contributed by atoms with E-state index in [9.17, 15) is 10.1 Å². The summed E-state index contributed by atoms with van der Waals surface area (Å²) < 4.78 is 1.99. The highest BCUT2D eigenvalue weighted by molar-refractivity contribution is 6.00. The van der Waals surface area contributed by atoms with Crippen LogP contribution in [0, 0.1) is 10.1 Å². The van der Waals surface area contributed by atoms with Gasteiger partial charge in [0.25, 0.3) is 5.69 Å². The van der Waals surface area contributed by atoms with Crippen molar-refractivity contribution in [3.8, 4) is 11.3 Å². The van der Waals surface area contributed by atoms with Crippen LogP contribution in [0.4, 0.5) is 11.5 Å². The molecule has 0 unspecified atom stereocenters. The third-order valence-electron chi connectivity index (χ3n) is 3.89. The minimum Gasteiger partial charge on any atom is -0.383 e. The van der Waals surface area contributed by atoms with Gasteiger partial charge in [0.2, 0.25) is 0 Å². The molecule has 1 saturated carbocycles. The zero-order valence-corrected chi connectivity index (χ0v) is 11.6. The summed E-state index contributed by atoms with van der Waals surface area (Å²) in [6.07, 6.45) is 3.90. The zero-order valence-electron chi connectivity index (χ0n) is 11.6. The molecule has 1 fully saturated rings. The van der Waals surface area contributed by atoms with Crippen LogP contribution in [0.25, 0.3) is 22.2 Å². The Hall–Kier alpha value is -2.96. The first-order valence-electron chi connectivity index (χ1n) is 7.02. The molecule has 3 aromatic rings. The molecule has 0 amide bonds. The maximum Gasteiger partial charge on any atom is 0.269 e. The van der Waals surface area contributed by atoms with Crippen LogP contribution in [-0.2, 0) is 0 Å². The van der Waals surface area contributed by atoms with Crippen LogP contribution in [0.15, 0.2) is 36.5 Å². The topological polar surface area (TPSA) is 99.9 Å². The highest BCUT2D eigenvalue weighted by atomic mass is 16.6. The number of nitrogens with two attached hydrogens (primary N) is 1. The molecule has 0 saturated heterocycles. The van der Waals surface area contributed by atoms with Gasteiger partial charge in [0.15, 0.2) is 0 Å². The van der Waals surface area contributed by atoms with Crippen molar-refractivity contribution in [2.45, 2.75) is 18.9 Å². The number of fused-ring (bicyclic) bond motifs is 1. The highest BCUT2D eigenvalue weighted by Gasteiger charge is 2.28. The molecule has 22 heavy (non-hydrogen) atoms. The number of hydrogen-bond donors (Lipinski definition) is 1. The number of anilines is 1. The Kier molecular flexibility index (Phi) is 2.62. The molecule has 2 N–H and O–H groups in total. The molecular weight excluding hydrogens is 282 g/mol. The summed E-state index contributed by atoms with van der Waals surface area (Å²) in [5, 5.41) is 16.3. The first-order chi connectivity index (χ1) is 10.6. The molecule has 0 radical (unpaired) electrons. The van der Waals surface area contributed by atoms with Gasteiger partial charge >= 0.3 is 0 Å². The van der Waals surface area contributed by atoms with E-state index in [1.807, 2.05) is 10.7 Å². The number of nitrogen functional groups attached to an aromatic ring is 1. The second kappa shape index (κ2) is 4.52. The van der Waals surface area contributed by atoms with Gasteiger partial charge < -0.3 is 5.73 Å². The molecule has 1 aliphatic carbocycles. The van der Waals surface area contributed by atoms with Gasteiger partial charge in [0, 0.05) is 23.9 Å². The van der Waals surface area contributed by atoms with E-state index in [0.717, 1.165) is 35.0 Å². The predicted octanol–water partition coefficient (Wildman–Crippen LogP) is 2.92. The van der Waals surface area contributed by atoms with E-state index >= 15 is 0 Å². The lowest BCUT2D eigenvalue weighted by atomic mass is 10.1. The van der Waals surface area contributed by atoms with E-state index in [1.54, 1.807) is 18.3 Å². The second-order valence-corrected chi connectivity index (χ2v) is 5.42. The summed E-state index contributed by atoms with van der Waals surface area (Å²) in [5.74, 6) is 0.428. The fraction of sp³-hybridized carbons (Fsp3) is 0.200. The smallest absolute Gasteiger partial charge is 0.269 e. The monoisotopic (exact) mass is 295 g/mol. The average Bonchev–Trinajstić information content (AvgIpc) is 3.28. The Labute approximate surface area is 125 Å². The molecule has 2 aromatic heterocycles. The van der Waals surface area contributed by atoms with Crippen molar-refractivity contribution in [2.75, 3.05) is 5.73 Å². The number of benzene rings is 1. The van der Waals surface area contributed by atoms with Crippen molar-refractivity contribution in [2.24, 2.45) is 0 Å². The molecule has 1 aromatic carbocycles. The number of non-ortho nitro benzene ring substituents is 1. The van der Waals surface area contributed by atoms with Gasteiger partial charge in [-0.05, 0) is 31.0 Å². The fourth-order valence-electron chi connectivity index (χ4n) is 2.65.